The van der Waals surface area contributed by atoms with Crippen molar-refractivity contribution in [3.05, 3.63) is 106 Å². The Labute approximate surface area is 204 Å². The molecule has 0 atom stereocenters. The number of benzene rings is 3. The van der Waals surface area contributed by atoms with Crippen LogP contribution in [0, 0.1) is 20.8 Å². The molecular weight excluding hydrogens is 486 g/mol. The molecule has 0 spiro atoms. The van der Waals surface area contributed by atoms with Crippen LogP contribution in [0.1, 0.15) is 16.8 Å². The van der Waals surface area contributed by atoms with Gasteiger partial charge in [0.1, 0.15) is 0 Å². The summed E-state index contributed by atoms with van der Waals surface area (Å²) in [7, 11) is -7.83. The molecule has 0 saturated heterocycles. The predicted octanol–water partition coefficient (Wildman–Crippen LogP) is 3.69. The summed E-state index contributed by atoms with van der Waals surface area (Å²) >= 11 is 0. The maximum absolute atomic E-state index is 13.9. The SMILES string of the molecule is Cc1ccc(S(=O)(=O)N(c2c(C)n(C)n(-c3ccccc3)c2=O)S(=O)(=O)c2ccc(C)cc2)cc1. The van der Waals surface area contributed by atoms with Crippen LogP contribution in [0.2, 0.25) is 0 Å². The van der Waals surface area contributed by atoms with Crippen molar-refractivity contribution in [2.24, 2.45) is 7.05 Å². The van der Waals surface area contributed by atoms with Crippen molar-refractivity contribution in [1.29, 1.82) is 0 Å². The molecule has 0 aliphatic heterocycles. The summed E-state index contributed by atoms with van der Waals surface area (Å²) in [6.07, 6.45) is 0. The lowest BCUT2D eigenvalue weighted by Gasteiger charge is -2.23. The quantitative estimate of drug-likeness (QED) is 0.393. The van der Waals surface area contributed by atoms with Crippen LogP contribution in [-0.2, 0) is 27.1 Å². The maximum atomic E-state index is 13.9. The van der Waals surface area contributed by atoms with Gasteiger partial charge in [-0.3, -0.25) is 9.48 Å². The second-order valence-electron chi connectivity index (χ2n) is 8.24. The van der Waals surface area contributed by atoms with Gasteiger partial charge in [0.2, 0.25) is 0 Å². The summed E-state index contributed by atoms with van der Waals surface area (Å²) in [4.78, 5) is 13.2. The molecule has 4 rings (SSSR count). The van der Waals surface area contributed by atoms with Crippen LogP contribution in [0.3, 0.4) is 0 Å². The molecule has 1 aromatic heterocycles. The number of nitrogens with zero attached hydrogens (tertiary/aromatic N) is 3. The van der Waals surface area contributed by atoms with Gasteiger partial charge in [-0.2, -0.15) is 0 Å². The molecule has 0 unspecified atom stereocenters. The number of sulfonamides is 2. The fourth-order valence-corrected chi connectivity index (χ4v) is 7.54. The van der Waals surface area contributed by atoms with Crippen LogP contribution in [0.15, 0.2) is 93.4 Å². The van der Waals surface area contributed by atoms with Crippen molar-refractivity contribution < 1.29 is 16.8 Å². The average molecular weight is 512 g/mol. The lowest BCUT2D eigenvalue weighted by Crippen LogP contribution is -2.40. The molecule has 0 radical (unpaired) electrons. The zero-order valence-corrected chi connectivity index (χ0v) is 21.3. The first-order chi connectivity index (χ1) is 16.5. The highest BCUT2D eigenvalue weighted by molar-refractivity contribution is 8.10. The van der Waals surface area contributed by atoms with E-state index in [2.05, 4.69) is 0 Å². The van der Waals surface area contributed by atoms with Gasteiger partial charge in [0.25, 0.3) is 25.6 Å². The minimum absolute atomic E-state index is 0.172. The molecular formula is C25H25N3O5S2. The molecule has 0 bridgehead atoms. The summed E-state index contributed by atoms with van der Waals surface area (Å²) in [5.41, 5.74) is 1.01. The average Bonchev–Trinajstić information content (AvgIpc) is 3.03. The molecule has 0 saturated carbocycles. The lowest BCUT2D eigenvalue weighted by molar-refractivity contribution is 0.584. The number of para-hydroxylation sites is 1. The smallest absolute Gasteiger partial charge is 0.283 e. The number of rotatable bonds is 6. The number of hydrogen-bond donors (Lipinski definition) is 0. The minimum Gasteiger partial charge on any atom is -0.283 e. The first-order valence-electron chi connectivity index (χ1n) is 10.7. The fraction of sp³-hybridized carbons (Fsp3) is 0.160. The van der Waals surface area contributed by atoms with E-state index in [1.165, 1.54) is 40.6 Å². The highest BCUT2D eigenvalue weighted by Crippen LogP contribution is 2.32. The molecule has 0 aliphatic carbocycles. The van der Waals surface area contributed by atoms with E-state index in [-0.39, 0.29) is 19.2 Å². The molecule has 0 aliphatic rings. The van der Waals surface area contributed by atoms with Crippen LogP contribution in [0.4, 0.5) is 5.69 Å². The van der Waals surface area contributed by atoms with Crippen LogP contribution in [-0.4, -0.2) is 26.2 Å². The Bertz CT molecular complexity index is 1580. The van der Waals surface area contributed by atoms with Gasteiger partial charge >= 0.3 is 0 Å². The van der Waals surface area contributed by atoms with E-state index in [9.17, 15) is 21.6 Å². The molecule has 4 aromatic rings. The maximum Gasteiger partial charge on any atom is 0.297 e. The Morgan fingerprint density at radius 1 is 0.657 bits per heavy atom. The number of aromatic nitrogens is 2. The van der Waals surface area contributed by atoms with E-state index in [1.54, 1.807) is 75.5 Å². The number of hydrogen-bond acceptors (Lipinski definition) is 5. The Kier molecular flexibility index (Phi) is 6.20. The Morgan fingerprint density at radius 3 is 1.51 bits per heavy atom. The molecule has 35 heavy (non-hydrogen) atoms. The summed E-state index contributed by atoms with van der Waals surface area (Å²) < 4.78 is 58.5. The Hall–Kier alpha value is -3.63. The first kappa shape index (κ1) is 24.5. The van der Waals surface area contributed by atoms with Gasteiger partial charge in [-0.25, -0.2) is 21.5 Å². The Balaban J connectivity index is 2.06. The van der Waals surface area contributed by atoms with E-state index in [4.69, 9.17) is 0 Å². The third-order valence-electron chi connectivity index (χ3n) is 5.78. The largest absolute Gasteiger partial charge is 0.297 e. The van der Waals surface area contributed by atoms with E-state index in [0.29, 0.717) is 5.69 Å². The van der Waals surface area contributed by atoms with E-state index in [1.807, 2.05) is 0 Å². The Morgan fingerprint density at radius 2 is 1.09 bits per heavy atom. The standard InChI is InChI=1S/C25H25N3O5S2/c1-18-10-14-22(15-11-18)34(30,31)28(35(32,33)23-16-12-19(2)13-17-23)24-20(3)26(4)27(25(24)29)21-8-6-5-7-9-21/h5-17H,1-4H3. The van der Waals surface area contributed by atoms with Crippen LogP contribution in [0.25, 0.3) is 5.69 Å². The zero-order valence-electron chi connectivity index (χ0n) is 19.7. The van der Waals surface area contributed by atoms with Crippen molar-refractivity contribution in [2.75, 3.05) is 3.71 Å². The van der Waals surface area contributed by atoms with E-state index in [0.717, 1.165) is 11.1 Å². The zero-order chi connectivity index (χ0) is 25.5. The summed E-state index contributed by atoms with van der Waals surface area (Å²) in [5, 5.41) is 0. The first-order valence-corrected chi connectivity index (χ1v) is 13.6. The molecule has 0 fully saturated rings. The second-order valence-corrected chi connectivity index (χ2v) is 12.0. The van der Waals surface area contributed by atoms with E-state index < -0.39 is 31.3 Å². The minimum atomic E-state index is -4.70. The van der Waals surface area contributed by atoms with Crippen molar-refractivity contribution in [3.63, 3.8) is 0 Å². The third-order valence-corrected chi connectivity index (χ3v) is 9.93. The van der Waals surface area contributed by atoms with Gasteiger partial charge in [-0.15, -0.1) is 3.71 Å². The summed E-state index contributed by atoms with van der Waals surface area (Å²) in [6, 6.07) is 20.2. The normalized spacial score (nSPS) is 12.0. The van der Waals surface area contributed by atoms with Crippen molar-refractivity contribution in [2.45, 2.75) is 30.6 Å². The fourth-order valence-electron chi connectivity index (χ4n) is 3.75. The van der Waals surface area contributed by atoms with Crippen LogP contribution in [0.5, 0.6) is 0 Å². The molecule has 8 nitrogen and oxygen atoms in total. The van der Waals surface area contributed by atoms with E-state index >= 15 is 0 Å². The highest BCUT2D eigenvalue weighted by Gasteiger charge is 2.41. The molecule has 1 heterocycles. The summed E-state index contributed by atoms with van der Waals surface area (Å²) in [6.45, 7) is 5.09. The van der Waals surface area contributed by atoms with Gasteiger partial charge < -0.3 is 0 Å². The van der Waals surface area contributed by atoms with Crippen molar-refractivity contribution in [1.82, 2.24) is 9.36 Å². The highest BCUT2D eigenvalue weighted by atomic mass is 32.3. The number of aryl methyl sites for hydroxylation is 2. The van der Waals surface area contributed by atoms with Gasteiger partial charge in [-0.05, 0) is 57.2 Å². The van der Waals surface area contributed by atoms with Gasteiger partial charge in [0.15, 0.2) is 5.69 Å². The molecule has 182 valence electrons. The monoisotopic (exact) mass is 511 g/mol. The lowest BCUT2D eigenvalue weighted by atomic mass is 10.2. The third kappa shape index (κ3) is 4.19. The van der Waals surface area contributed by atoms with Gasteiger partial charge in [0.05, 0.1) is 21.2 Å². The predicted molar refractivity (Wildman–Crippen MR) is 135 cm³/mol. The summed E-state index contributed by atoms with van der Waals surface area (Å²) in [5.74, 6) is 0. The van der Waals surface area contributed by atoms with Gasteiger partial charge in [0, 0.05) is 7.05 Å². The topological polar surface area (TPSA) is 98.4 Å². The molecule has 3 aromatic carbocycles. The second kappa shape index (κ2) is 8.86. The molecule has 10 heteroatoms. The van der Waals surface area contributed by atoms with Crippen LogP contribution >= 0.6 is 0 Å². The van der Waals surface area contributed by atoms with Crippen LogP contribution < -0.4 is 9.27 Å². The van der Waals surface area contributed by atoms with Crippen molar-refractivity contribution in [3.8, 4) is 5.69 Å². The van der Waals surface area contributed by atoms with Crippen molar-refractivity contribution >= 4 is 25.7 Å². The molecule has 0 amide bonds. The molecule has 0 N–H and O–H groups in total. The van der Waals surface area contributed by atoms with Gasteiger partial charge in [-0.1, -0.05) is 53.6 Å². The number of anilines is 1.